The number of hydrogen-bond donors (Lipinski definition) is 1. The Kier molecular flexibility index (Phi) is 7.53. The van der Waals surface area contributed by atoms with Crippen LogP contribution < -0.4 is 14.5 Å². The maximum Gasteiger partial charge on any atom is 0.235 e. The second-order valence-corrected chi connectivity index (χ2v) is 12.2. The lowest BCUT2D eigenvalue weighted by Gasteiger charge is -2.39. The van der Waals surface area contributed by atoms with Crippen LogP contribution in [0.3, 0.4) is 0 Å². The zero-order chi connectivity index (χ0) is 30.3. The second-order valence-electron chi connectivity index (χ2n) is 12.2. The number of alkyl halides is 1. The standard InChI is InChI=1S/C34H38FN7O2/c1-22-31(24-4-7-27(8-5-24)44-23(2)35)40-33(39-22)34(3)10-12-42(13-11-34)32-28-18-26(19-29(28)37-21-38-32)25-6-9-30(36-20-25)41-14-16-43-17-15-41/h4-9,18,20-21,23H,10-17,19H2,1-3H3,(H,39,40). The summed E-state index contributed by atoms with van der Waals surface area (Å²) in [7, 11) is 0. The van der Waals surface area contributed by atoms with Gasteiger partial charge in [0.05, 0.1) is 24.6 Å². The fraction of sp³-hybridized carbons (Fsp3) is 0.412. The van der Waals surface area contributed by atoms with Gasteiger partial charge in [0, 0.05) is 68.0 Å². The summed E-state index contributed by atoms with van der Waals surface area (Å²) in [4.78, 5) is 27.5. The molecule has 4 aromatic rings. The average Bonchev–Trinajstić information content (AvgIpc) is 3.67. The van der Waals surface area contributed by atoms with E-state index in [0.29, 0.717) is 5.75 Å². The quantitative estimate of drug-likeness (QED) is 0.289. The minimum absolute atomic E-state index is 0.0860. The van der Waals surface area contributed by atoms with Crippen LogP contribution >= 0.6 is 0 Å². The Morgan fingerprint density at radius 2 is 1.70 bits per heavy atom. The molecule has 2 aliphatic heterocycles. The van der Waals surface area contributed by atoms with Gasteiger partial charge in [-0.1, -0.05) is 6.92 Å². The zero-order valence-corrected chi connectivity index (χ0v) is 25.5. The number of piperidine rings is 1. The number of anilines is 2. The summed E-state index contributed by atoms with van der Waals surface area (Å²) in [5.41, 5.74) is 7.37. The molecule has 9 nitrogen and oxygen atoms in total. The molecule has 5 heterocycles. The summed E-state index contributed by atoms with van der Waals surface area (Å²) in [5, 5.41) is 0. The summed E-state index contributed by atoms with van der Waals surface area (Å²) in [5.74, 6) is 3.52. The predicted octanol–water partition coefficient (Wildman–Crippen LogP) is 5.76. The molecule has 228 valence electrons. The molecule has 1 unspecified atom stereocenters. The SMILES string of the molecule is Cc1[nH]c(C2(C)CCN(c3ncnc4c3C=C(c3ccc(N5CCOCC5)nc3)C4)CC2)nc1-c1ccc(OC(C)F)cc1. The highest BCUT2D eigenvalue weighted by Crippen LogP contribution is 2.40. The summed E-state index contributed by atoms with van der Waals surface area (Å²) in [6.07, 6.45) is 7.26. The Balaban J connectivity index is 1.05. The molecule has 2 fully saturated rings. The van der Waals surface area contributed by atoms with Crippen molar-refractivity contribution in [3.05, 3.63) is 77.3 Å². The lowest BCUT2D eigenvalue weighted by molar-refractivity contribution is 0.0861. The number of H-pyrrole nitrogens is 1. The number of rotatable bonds is 7. The lowest BCUT2D eigenvalue weighted by atomic mass is 9.79. The molecule has 1 aliphatic carbocycles. The topological polar surface area (TPSA) is 92.3 Å². The molecule has 44 heavy (non-hydrogen) atoms. The number of ether oxygens (including phenoxy) is 2. The molecule has 0 saturated carbocycles. The predicted molar refractivity (Wildman–Crippen MR) is 170 cm³/mol. The molecule has 0 radical (unpaired) electrons. The highest BCUT2D eigenvalue weighted by atomic mass is 19.1. The minimum atomic E-state index is -1.35. The highest BCUT2D eigenvalue weighted by Gasteiger charge is 2.36. The normalized spacial score (nSPS) is 18.6. The van der Waals surface area contributed by atoms with E-state index in [4.69, 9.17) is 24.4 Å². The Bertz CT molecular complexity index is 1650. The zero-order valence-electron chi connectivity index (χ0n) is 25.5. The summed E-state index contributed by atoms with van der Waals surface area (Å²) >= 11 is 0. The van der Waals surface area contributed by atoms with E-state index in [1.165, 1.54) is 12.5 Å². The molecule has 7 rings (SSSR count). The molecule has 1 atom stereocenters. The van der Waals surface area contributed by atoms with Gasteiger partial charge in [-0.05, 0) is 73.4 Å². The van der Waals surface area contributed by atoms with Gasteiger partial charge in [0.15, 0.2) is 0 Å². The largest absolute Gasteiger partial charge is 0.461 e. The van der Waals surface area contributed by atoms with Crippen molar-refractivity contribution >= 4 is 23.3 Å². The third-order valence-corrected chi connectivity index (χ3v) is 9.12. The first kappa shape index (κ1) is 28.5. The van der Waals surface area contributed by atoms with Crippen molar-refractivity contribution in [3.63, 3.8) is 0 Å². The first-order valence-corrected chi connectivity index (χ1v) is 15.4. The van der Waals surface area contributed by atoms with E-state index >= 15 is 0 Å². The van der Waals surface area contributed by atoms with Crippen LogP contribution in [0.25, 0.3) is 22.9 Å². The Labute approximate surface area is 257 Å². The van der Waals surface area contributed by atoms with Crippen molar-refractivity contribution in [1.82, 2.24) is 24.9 Å². The van der Waals surface area contributed by atoms with E-state index < -0.39 is 6.36 Å². The van der Waals surface area contributed by atoms with Crippen molar-refractivity contribution in [3.8, 4) is 17.0 Å². The second kappa shape index (κ2) is 11.6. The number of allylic oxidation sites excluding steroid dienone is 1. The number of aromatic amines is 1. The number of nitrogens with zero attached hydrogens (tertiary/aromatic N) is 6. The maximum absolute atomic E-state index is 13.2. The lowest BCUT2D eigenvalue weighted by Crippen LogP contribution is -2.42. The number of fused-ring (bicyclic) bond motifs is 1. The van der Waals surface area contributed by atoms with Crippen LogP contribution in [-0.4, -0.2) is 70.7 Å². The smallest absolute Gasteiger partial charge is 0.235 e. The average molecular weight is 596 g/mol. The van der Waals surface area contributed by atoms with Gasteiger partial charge in [0.2, 0.25) is 6.36 Å². The van der Waals surface area contributed by atoms with Crippen molar-refractivity contribution in [2.45, 2.75) is 51.8 Å². The van der Waals surface area contributed by atoms with Crippen LogP contribution in [0.5, 0.6) is 5.75 Å². The van der Waals surface area contributed by atoms with Crippen molar-refractivity contribution in [1.29, 1.82) is 0 Å². The van der Waals surface area contributed by atoms with E-state index in [9.17, 15) is 4.39 Å². The molecule has 1 aromatic carbocycles. The highest BCUT2D eigenvalue weighted by molar-refractivity contribution is 5.91. The van der Waals surface area contributed by atoms with Gasteiger partial charge in [0.25, 0.3) is 0 Å². The van der Waals surface area contributed by atoms with E-state index in [1.807, 2.05) is 18.3 Å². The molecule has 2 saturated heterocycles. The molecular weight excluding hydrogens is 557 g/mol. The van der Waals surface area contributed by atoms with Crippen LogP contribution in [0.1, 0.15) is 55.0 Å². The Morgan fingerprint density at radius 1 is 0.955 bits per heavy atom. The van der Waals surface area contributed by atoms with Gasteiger partial charge < -0.3 is 24.3 Å². The molecule has 3 aliphatic rings. The van der Waals surface area contributed by atoms with Crippen LogP contribution in [0.2, 0.25) is 0 Å². The van der Waals surface area contributed by atoms with E-state index in [1.54, 1.807) is 18.5 Å². The number of aryl methyl sites for hydroxylation is 1. The summed E-state index contributed by atoms with van der Waals surface area (Å²) < 4.78 is 23.9. The number of imidazole rings is 1. The van der Waals surface area contributed by atoms with Gasteiger partial charge in [-0.3, -0.25) is 0 Å². The third-order valence-electron chi connectivity index (χ3n) is 9.12. The number of nitrogens with one attached hydrogen (secondary N) is 1. The number of benzene rings is 1. The molecule has 1 N–H and O–H groups in total. The van der Waals surface area contributed by atoms with Crippen molar-refractivity contribution < 1.29 is 13.9 Å². The van der Waals surface area contributed by atoms with Crippen LogP contribution in [-0.2, 0) is 16.6 Å². The fourth-order valence-electron chi connectivity index (χ4n) is 6.46. The third kappa shape index (κ3) is 5.54. The van der Waals surface area contributed by atoms with Gasteiger partial charge in [-0.25, -0.2) is 24.3 Å². The Morgan fingerprint density at radius 3 is 2.41 bits per heavy atom. The number of halogens is 1. The van der Waals surface area contributed by atoms with E-state index in [-0.39, 0.29) is 5.41 Å². The summed E-state index contributed by atoms with van der Waals surface area (Å²) in [6.45, 7) is 10.7. The number of aromatic nitrogens is 5. The molecule has 3 aromatic heterocycles. The van der Waals surface area contributed by atoms with Crippen molar-refractivity contribution in [2.75, 3.05) is 49.2 Å². The van der Waals surface area contributed by atoms with Gasteiger partial charge in [-0.15, -0.1) is 0 Å². The number of hydrogen-bond acceptors (Lipinski definition) is 8. The van der Waals surface area contributed by atoms with Gasteiger partial charge in [-0.2, -0.15) is 0 Å². The number of pyridine rings is 1. The molecule has 0 spiro atoms. The summed E-state index contributed by atoms with van der Waals surface area (Å²) in [6, 6.07) is 11.7. The molecule has 0 amide bonds. The van der Waals surface area contributed by atoms with Crippen LogP contribution in [0.15, 0.2) is 48.9 Å². The first-order valence-electron chi connectivity index (χ1n) is 15.4. The fourth-order valence-corrected chi connectivity index (χ4v) is 6.46. The van der Waals surface area contributed by atoms with Gasteiger partial charge in [0.1, 0.15) is 29.5 Å². The minimum Gasteiger partial charge on any atom is -0.461 e. The van der Waals surface area contributed by atoms with Crippen LogP contribution in [0.4, 0.5) is 16.0 Å². The number of morpholine rings is 1. The van der Waals surface area contributed by atoms with Crippen molar-refractivity contribution in [2.24, 2.45) is 0 Å². The molecule has 10 heteroatoms. The maximum atomic E-state index is 13.2. The molecule has 0 bridgehead atoms. The first-order chi connectivity index (χ1) is 21.4. The van der Waals surface area contributed by atoms with Gasteiger partial charge >= 0.3 is 0 Å². The van der Waals surface area contributed by atoms with Crippen LogP contribution in [0, 0.1) is 6.92 Å². The Hall–Kier alpha value is -4.31. The monoisotopic (exact) mass is 595 g/mol. The van der Waals surface area contributed by atoms with E-state index in [2.05, 4.69) is 51.8 Å². The molecular formula is C34H38FN7O2. The van der Waals surface area contributed by atoms with E-state index in [0.717, 1.165) is 110 Å².